The highest BCUT2D eigenvalue weighted by Gasteiger charge is 2.03. The van der Waals surface area contributed by atoms with Crippen LogP contribution in [0.3, 0.4) is 0 Å². The lowest BCUT2D eigenvalue weighted by molar-refractivity contribution is 0.0995. The Bertz CT molecular complexity index is 538. The number of aromatic nitrogens is 2. The minimum Gasteiger partial charge on any atom is -0.397 e. The molecule has 1 amide bonds. The Morgan fingerprint density at radius 2 is 1.94 bits per heavy atom. The number of amides is 1. The van der Waals surface area contributed by atoms with Crippen molar-refractivity contribution in [1.82, 2.24) is 9.97 Å². The Kier molecular flexibility index (Phi) is 2.87. The number of nitrogen functional groups attached to an aromatic ring is 1. The van der Waals surface area contributed by atoms with Gasteiger partial charge in [0.25, 0.3) is 5.91 Å². The molecule has 0 bridgehead atoms. The van der Waals surface area contributed by atoms with Crippen LogP contribution in [0, 0.1) is 0 Å². The molecule has 0 fully saturated rings. The van der Waals surface area contributed by atoms with Crippen LogP contribution in [0.2, 0.25) is 0 Å². The van der Waals surface area contributed by atoms with Gasteiger partial charge in [-0.3, -0.25) is 4.79 Å². The topological polar surface area (TPSA) is 107 Å². The van der Waals surface area contributed by atoms with E-state index in [0.29, 0.717) is 11.5 Å². The van der Waals surface area contributed by atoms with Crippen LogP contribution in [-0.4, -0.2) is 15.9 Å². The number of nitrogens with zero attached hydrogens (tertiary/aromatic N) is 2. The third-order valence-electron chi connectivity index (χ3n) is 2.13. The van der Waals surface area contributed by atoms with Crippen molar-refractivity contribution in [1.29, 1.82) is 0 Å². The summed E-state index contributed by atoms with van der Waals surface area (Å²) >= 11 is 0. The average molecular weight is 229 g/mol. The molecule has 6 nitrogen and oxygen atoms in total. The lowest BCUT2D eigenvalue weighted by Gasteiger charge is -2.07. The summed E-state index contributed by atoms with van der Waals surface area (Å²) in [6.07, 6.45) is 2.73. The van der Waals surface area contributed by atoms with E-state index in [0.717, 1.165) is 5.69 Å². The van der Waals surface area contributed by atoms with Crippen LogP contribution < -0.4 is 16.8 Å². The number of para-hydroxylation sites is 2. The number of carbonyl (C=O) groups excluding carboxylic acids is 1. The fourth-order valence-corrected chi connectivity index (χ4v) is 1.27. The van der Waals surface area contributed by atoms with Gasteiger partial charge in [0.2, 0.25) is 0 Å². The van der Waals surface area contributed by atoms with Crippen molar-refractivity contribution in [2.75, 3.05) is 11.1 Å². The first-order valence-corrected chi connectivity index (χ1v) is 4.90. The Morgan fingerprint density at radius 1 is 1.18 bits per heavy atom. The summed E-state index contributed by atoms with van der Waals surface area (Å²) < 4.78 is 0. The van der Waals surface area contributed by atoms with Crippen LogP contribution in [-0.2, 0) is 0 Å². The summed E-state index contributed by atoms with van der Waals surface area (Å²) in [6, 6.07) is 7.28. The molecule has 6 heteroatoms. The number of anilines is 3. The van der Waals surface area contributed by atoms with Gasteiger partial charge in [0.15, 0.2) is 0 Å². The lowest BCUT2D eigenvalue weighted by atomic mass is 10.3. The highest BCUT2D eigenvalue weighted by Crippen LogP contribution is 2.20. The van der Waals surface area contributed by atoms with E-state index >= 15 is 0 Å². The molecule has 1 heterocycles. The number of carbonyl (C=O) groups is 1. The smallest absolute Gasteiger partial charge is 0.268 e. The first-order chi connectivity index (χ1) is 8.16. The Hall–Kier alpha value is -2.63. The molecular weight excluding hydrogens is 218 g/mol. The maximum absolute atomic E-state index is 10.8. The van der Waals surface area contributed by atoms with E-state index in [1.54, 1.807) is 6.07 Å². The third-order valence-corrected chi connectivity index (χ3v) is 2.13. The number of nitrogens with two attached hydrogens (primary N) is 2. The summed E-state index contributed by atoms with van der Waals surface area (Å²) in [5.74, 6) is -0.115. The number of rotatable bonds is 3. The van der Waals surface area contributed by atoms with Gasteiger partial charge in [-0.15, -0.1) is 0 Å². The van der Waals surface area contributed by atoms with Crippen LogP contribution in [0.15, 0.2) is 36.7 Å². The number of hydrogen-bond donors (Lipinski definition) is 3. The number of hydrogen-bond acceptors (Lipinski definition) is 5. The molecule has 0 aliphatic heterocycles. The highest BCUT2D eigenvalue weighted by molar-refractivity contribution is 5.90. The molecule has 2 aromatic rings. The quantitative estimate of drug-likeness (QED) is 0.678. The number of primary amides is 1. The number of benzene rings is 1. The molecule has 0 spiro atoms. The van der Waals surface area contributed by atoms with Gasteiger partial charge in [-0.25, -0.2) is 9.97 Å². The van der Waals surface area contributed by atoms with Gasteiger partial charge in [0.05, 0.1) is 23.8 Å². The largest absolute Gasteiger partial charge is 0.397 e. The fraction of sp³-hybridized carbons (Fsp3) is 0. The van der Waals surface area contributed by atoms with E-state index in [1.807, 2.05) is 18.2 Å². The molecule has 0 unspecified atom stereocenters. The zero-order valence-corrected chi connectivity index (χ0v) is 8.92. The second kappa shape index (κ2) is 4.48. The molecule has 5 N–H and O–H groups in total. The average Bonchev–Trinajstić information content (AvgIpc) is 2.33. The molecule has 17 heavy (non-hydrogen) atoms. The maximum Gasteiger partial charge on any atom is 0.268 e. The van der Waals surface area contributed by atoms with E-state index < -0.39 is 5.91 Å². The van der Waals surface area contributed by atoms with Crippen molar-refractivity contribution in [2.45, 2.75) is 0 Å². The molecule has 0 aliphatic carbocycles. The third kappa shape index (κ3) is 2.49. The second-order valence-corrected chi connectivity index (χ2v) is 3.36. The van der Waals surface area contributed by atoms with Crippen LogP contribution in [0.1, 0.15) is 10.5 Å². The van der Waals surface area contributed by atoms with E-state index in [9.17, 15) is 4.79 Å². The zero-order chi connectivity index (χ0) is 12.3. The standard InChI is InChI=1S/C11H11N5O/c12-7-3-1-2-4-8(7)16-10-6-14-9(5-15-10)11(13)17/h1-6H,12H2,(H2,13,17)(H,15,16). The van der Waals surface area contributed by atoms with Gasteiger partial charge in [-0.05, 0) is 12.1 Å². The Labute approximate surface area is 97.7 Å². The minimum absolute atomic E-state index is 0.122. The summed E-state index contributed by atoms with van der Waals surface area (Å²) in [5, 5.41) is 2.99. The predicted molar refractivity (Wildman–Crippen MR) is 64.7 cm³/mol. The van der Waals surface area contributed by atoms with Crippen LogP contribution in [0.4, 0.5) is 17.2 Å². The maximum atomic E-state index is 10.8. The SMILES string of the molecule is NC(=O)c1cnc(Nc2ccccc2N)cn1. The summed E-state index contributed by atoms with van der Waals surface area (Å²) in [4.78, 5) is 18.7. The van der Waals surface area contributed by atoms with Gasteiger partial charge in [0, 0.05) is 0 Å². The first kappa shape index (κ1) is 10.9. The highest BCUT2D eigenvalue weighted by atomic mass is 16.1. The molecule has 1 aromatic carbocycles. The summed E-state index contributed by atoms with van der Waals surface area (Å²) in [6.45, 7) is 0. The molecule has 0 saturated heterocycles. The van der Waals surface area contributed by atoms with E-state index in [-0.39, 0.29) is 5.69 Å². The molecular formula is C11H11N5O. The Balaban J connectivity index is 2.20. The molecule has 0 saturated carbocycles. The molecule has 2 rings (SSSR count). The van der Waals surface area contributed by atoms with Crippen molar-refractivity contribution >= 4 is 23.1 Å². The van der Waals surface area contributed by atoms with Crippen molar-refractivity contribution in [3.8, 4) is 0 Å². The van der Waals surface area contributed by atoms with E-state index in [1.165, 1.54) is 12.4 Å². The summed E-state index contributed by atoms with van der Waals surface area (Å²) in [5.41, 5.74) is 12.3. The fourth-order valence-electron chi connectivity index (χ4n) is 1.27. The Morgan fingerprint density at radius 3 is 2.53 bits per heavy atom. The second-order valence-electron chi connectivity index (χ2n) is 3.36. The normalized spacial score (nSPS) is 9.88. The molecule has 0 aliphatic rings. The van der Waals surface area contributed by atoms with E-state index in [2.05, 4.69) is 15.3 Å². The molecule has 0 radical (unpaired) electrons. The monoisotopic (exact) mass is 229 g/mol. The van der Waals surface area contributed by atoms with Crippen molar-refractivity contribution in [3.63, 3.8) is 0 Å². The van der Waals surface area contributed by atoms with Crippen molar-refractivity contribution < 1.29 is 4.79 Å². The van der Waals surface area contributed by atoms with Crippen LogP contribution in [0.5, 0.6) is 0 Å². The van der Waals surface area contributed by atoms with Gasteiger partial charge >= 0.3 is 0 Å². The molecule has 86 valence electrons. The van der Waals surface area contributed by atoms with Crippen LogP contribution >= 0.6 is 0 Å². The van der Waals surface area contributed by atoms with Gasteiger partial charge in [-0.1, -0.05) is 12.1 Å². The minimum atomic E-state index is -0.608. The first-order valence-electron chi connectivity index (χ1n) is 4.90. The van der Waals surface area contributed by atoms with Gasteiger partial charge in [0.1, 0.15) is 11.5 Å². The van der Waals surface area contributed by atoms with E-state index in [4.69, 9.17) is 11.5 Å². The lowest BCUT2D eigenvalue weighted by Crippen LogP contribution is -2.13. The van der Waals surface area contributed by atoms with Crippen molar-refractivity contribution in [2.24, 2.45) is 5.73 Å². The molecule has 1 aromatic heterocycles. The number of nitrogens with one attached hydrogen (secondary N) is 1. The summed E-state index contributed by atoms with van der Waals surface area (Å²) in [7, 11) is 0. The predicted octanol–water partition coefficient (Wildman–Crippen LogP) is 0.901. The van der Waals surface area contributed by atoms with Crippen molar-refractivity contribution in [3.05, 3.63) is 42.4 Å². The zero-order valence-electron chi connectivity index (χ0n) is 8.92. The van der Waals surface area contributed by atoms with Gasteiger partial charge < -0.3 is 16.8 Å². The van der Waals surface area contributed by atoms with Gasteiger partial charge in [-0.2, -0.15) is 0 Å². The van der Waals surface area contributed by atoms with Crippen LogP contribution in [0.25, 0.3) is 0 Å². The molecule has 0 atom stereocenters.